The van der Waals surface area contributed by atoms with E-state index in [0.717, 1.165) is 0 Å². The molecule has 6 heteroatoms. The van der Waals surface area contributed by atoms with E-state index in [1.54, 1.807) is 23.1 Å². The zero-order chi connectivity index (χ0) is 13.8. The highest BCUT2D eigenvalue weighted by molar-refractivity contribution is 5.82. The van der Waals surface area contributed by atoms with Crippen LogP contribution in [0, 0.1) is 0 Å². The Balaban J connectivity index is 2.22. The Morgan fingerprint density at radius 1 is 1.47 bits per heavy atom. The van der Waals surface area contributed by atoms with Gasteiger partial charge in [-0.3, -0.25) is 4.79 Å². The summed E-state index contributed by atoms with van der Waals surface area (Å²) in [6.07, 6.45) is 0. The molecule has 0 aliphatic rings. The first-order valence-electron chi connectivity index (χ1n) is 6.31. The molecule has 1 heterocycles. The third-order valence-corrected chi connectivity index (χ3v) is 2.76. The fourth-order valence-corrected chi connectivity index (χ4v) is 1.81. The van der Waals surface area contributed by atoms with E-state index in [1.165, 1.54) is 0 Å². The molecule has 2 rings (SSSR count). The van der Waals surface area contributed by atoms with Gasteiger partial charge in [-0.05, 0) is 32.0 Å². The van der Waals surface area contributed by atoms with Gasteiger partial charge in [0.2, 0.25) is 5.91 Å². The summed E-state index contributed by atoms with van der Waals surface area (Å²) in [5.74, 6) is -0.0499. The zero-order valence-corrected chi connectivity index (χ0v) is 11.1. The Morgan fingerprint density at radius 2 is 2.26 bits per heavy atom. The summed E-state index contributed by atoms with van der Waals surface area (Å²) in [4.78, 5) is 17.7. The van der Waals surface area contributed by atoms with Gasteiger partial charge in [0.05, 0.1) is 0 Å². The van der Waals surface area contributed by atoms with Crippen molar-refractivity contribution in [3.8, 4) is 0 Å². The molecule has 0 unspecified atom stereocenters. The molecule has 0 aliphatic carbocycles. The van der Waals surface area contributed by atoms with Crippen molar-refractivity contribution >= 4 is 28.7 Å². The highest BCUT2D eigenvalue weighted by atomic mass is 16.4. The lowest BCUT2D eigenvalue weighted by Crippen LogP contribution is -2.37. The lowest BCUT2D eigenvalue weighted by atomic mass is 10.3. The number of nitrogens with two attached hydrogens (primary N) is 1. The summed E-state index contributed by atoms with van der Waals surface area (Å²) in [6.45, 7) is 5.31. The second-order valence-corrected chi connectivity index (χ2v) is 4.19. The number of nitrogens with one attached hydrogen (secondary N) is 1. The zero-order valence-electron chi connectivity index (χ0n) is 11.1. The van der Waals surface area contributed by atoms with E-state index in [4.69, 9.17) is 10.2 Å². The number of rotatable bonds is 5. The number of carbonyl (C=O) groups is 1. The third kappa shape index (κ3) is 2.96. The molecule has 0 atom stereocenters. The average molecular weight is 262 g/mol. The third-order valence-electron chi connectivity index (χ3n) is 2.76. The summed E-state index contributed by atoms with van der Waals surface area (Å²) in [5, 5.41) is 2.75. The molecule has 0 radical (unpaired) electrons. The van der Waals surface area contributed by atoms with Crippen molar-refractivity contribution in [2.45, 2.75) is 13.8 Å². The Hall–Kier alpha value is -2.24. The lowest BCUT2D eigenvalue weighted by Gasteiger charge is -2.17. The molecule has 0 saturated carbocycles. The molecule has 0 aliphatic heterocycles. The van der Waals surface area contributed by atoms with Gasteiger partial charge >= 0.3 is 0 Å². The van der Waals surface area contributed by atoms with Crippen molar-refractivity contribution < 1.29 is 9.21 Å². The highest BCUT2D eigenvalue weighted by Gasteiger charge is 2.15. The first-order valence-corrected chi connectivity index (χ1v) is 6.31. The highest BCUT2D eigenvalue weighted by Crippen LogP contribution is 2.23. The minimum Gasteiger partial charge on any atom is -0.423 e. The van der Waals surface area contributed by atoms with Crippen molar-refractivity contribution in [1.82, 2.24) is 10.3 Å². The molecule has 3 N–H and O–H groups in total. The number of benzene rings is 1. The largest absolute Gasteiger partial charge is 0.423 e. The number of likely N-dealkylation sites (N-methyl/N-ethyl adjacent to an activating group) is 2. The molecule has 0 saturated heterocycles. The van der Waals surface area contributed by atoms with Gasteiger partial charge < -0.3 is 20.4 Å². The monoisotopic (exact) mass is 262 g/mol. The van der Waals surface area contributed by atoms with Gasteiger partial charge in [0.25, 0.3) is 6.01 Å². The predicted octanol–water partition coefficient (Wildman–Crippen LogP) is 1.37. The summed E-state index contributed by atoms with van der Waals surface area (Å²) >= 11 is 0. The van der Waals surface area contributed by atoms with E-state index >= 15 is 0 Å². The smallest absolute Gasteiger partial charge is 0.298 e. The molecular weight excluding hydrogens is 244 g/mol. The number of oxazole rings is 1. The van der Waals surface area contributed by atoms with Crippen LogP contribution in [0.1, 0.15) is 13.8 Å². The molecular formula is C13H18N4O2. The molecule has 0 fully saturated rings. The van der Waals surface area contributed by atoms with Crippen LogP contribution in [-0.2, 0) is 4.79 Å². The van der Waals surface area contributed by atoms with Gasteiger partial charge in [0.15, 0.2) is 5.58 Å². The normalized spacial score (nSPS) is 10.6. The Kier molecular flexibility index (Phi) is 3.89. The van der Waals surface area contributed by atoms with Gasteiger partial charge in [-0.2, -0.15) is 4.98 Å². The molecule has 19 heavy (non-hydrogen) atoms. The van der Waals surface area contributed by atoms with E-state index < -0.39 is 0 Å². The summed E-state index contributed by atoms with van der Waals surface area (Å²) < 4.78 is 5.63. The van der Waals surface area contributed by atoms with E-state index in [0.29, 0.717) is 35.9 Å². The van der Waals surface area contributed by atoms with E-state index in [9.17, 15) is 4.79 Å². The Bertz CT molecular complexity index is 579. The molecule has 6 nitrogen and oxygen atoms in total. The number of amides is 1. The van der Waals surface area contributed by atoms with Crippen LogP contribution >= 0.6 is 0 Å². The Morgan fingerprint density at radius 3 is 2.95 bits per heavy atom. The maximum absolute atomic E-state index is 11.6. The number of aromatic nitrogens is 1. The SMILES string of the molecule is CCNC(=O)CN(CC)c1nc2cc(N)ccc2o1. The second-order valence-electron chi connectivity index (χ2n) is 4.19. The minimum absolute atomic E-state index is 0.0499. The molecule has 1 aromatic heterocycles. The van der Waals surface area contributed by atoms with Crippen molar-refractivity contribution in [1.29, 1.82) is 0 Å². The average Bonchev–Trinajstić information content (AvgIpc) is 2.78. The van der Waals surface area contributed by atoms with Crippen LogP contribution < -0.4 is 16.0 Å². The molecule has 1 aromatic carbocycles. The van der Waals surface area contributed by atoms with Crippen LogP contribution in [0.25, 0.3) is 11.1 Å². The fraction of sp³-hybridized carbons (Fsp3) is 0.385. The quantitative estimate of drug-likeness (QED) is 0.795. The van der Waals surface area contributed by atoms with Gasteiger partial charge in [0, 0.05) is 18.8 Å². The van der Waals surface area contributed by atoms with Gasteiger partial charge in [-0.1, -0.05) is 0 Å². The summed E-state index contributed by atoms with van der Waals surface area (Å²) in [7, 11) is 0. The summed E-state index contributed by atoms with van der Waals surface area (Å²) in [5.41, 5.74) is 7.70. The topological polar surface area (TPSA) is 84.4 Å². The summed E-state index contributed by atoms with van der Waals surface area (Å²) in [6, 6.07) is 5.73. The van der Waals surface area contributed by atoms with Crippen LogP contribution in [-0.4, -0.2) is 30.5 Å². The van der Waals surface area contributed by atoms with Crippen molar-refractivity contribution in [3.05, 3.63) is 18.2 Å². The first-order chi connectivity index (χ1) is 9.13. The lowest BCUT2D eigenvalue weighted by molar-refractivity contribution is -0.119. The minimum atomic E-state index is -0.0499. The molecule has 0 spiro atoms. The van der Waals surface area contributed by atoms with Gasteiger partial charge in [-0.25, -0.2) is 0 Å². The molecule has 2 aromatic rings. The molecule has 1 amide bonds. The van der Waals surface area contributed by atoms with Crippen LogP contribution in [0.4, 0.5) is 11.7 Å². The van der Waals surface area contributed by atoms with Crippen LogP contribution in [0.5, 0.6) is 0 Å². The van der Waals surface area contributed by atoms with Crippen LogP contribution in [0.3, 0.4) is 0 Å². The van der Waals surface area contributed by atoms with Crippen molar-refractivity contribution in [2.24, 2.45) is 0 Å². The number of fused-ring (bicyclic) bond motifs is 1. The van der Waals surface area contributed by atoms with Crippen molar-refractivity contribution in [2.75, 3.05) is 30.3 Å². The molecule has 0 bridgehead atoms. The molecule has 102 valence electrons. The van der Waals surface area contributed by atoms with E-state index in [1.807, 2.05) is 13.8 Å². The first kappa shape index (κ1) is 13.2. The van der Waals surface area contributed by atoms with Crippen LogP contribution in [0.2, 0.25) is 0 Å². The number of anilines is 2. The van der Waals surface area contributed by atoms with Crippen molar-refractivity contribution in [3.63, 3.8) is 0 Å². The second kappa shape index (κ2) is 5.60. The van der Waals surface area contributed by atoms with E-state index in [2.05, 4.69) is 10.3 Å². The fourth-order valence-electron chi connectivity index (χ4n) is 1.81. The van der Waals surface area contributed by atoms with Crippen LogP contribution in [0.15, 0.2) is 22.6 Å². The number of hydrogen-bond donors (Lipinski definition) is 2. The standard InChI is InChI=1S/C13H18N4O2/c1-3-15-12(18)8-17(4-2)13-16-10-7-9(14)5-6-11(10)19-13/h5-7H,3-4,8,14H2,1-2H3,(H,15,18). The number of nitrogens with zero attached hydrogens (tertiary/aromatic N) is 2. The maximum atomic E-state index is 11.6. The number of hydrogen-bond acceptors (Lipinski definition) is 5. The Labute approximate surface area is 111 Å². The predicted molar refractivity (Wildman–Crippen MR) is 75.0 cm³/mol. The van der Waals surface area contributed by atoms with E-state index in [-0.39, 0.29) is 12.5 Å². The van der Waals surface area contributed by atoms with Gasteiger partial charge in [0.1, 0.15) is 12.1 Å². The van der Waals surface area contributed by atoms with Gasteiger partial charge in [-0.15, -0.1) is 0 Å². The number of carbonyl (C=O) groups excluding carboxylic acids is 1. The maximum Gasteiger partial charge on any atom is 0.298 e. The number of nitrogen functional groups attached to an aromatic ring is 1.